The topological polar surface area (TPSA) is 45.2 Å². The smallest absolute Gasteiger partial charge is 0.272 e. The van der Waals surface area contributed by atoms with Gasteiger partial charge in [0.05, 0.1) is 0 Å². The lowest BCUT2D eigenvalue weighted by molar-refractivity contribution is 0.0756. The Morgan fingerprint density at radius 3 is 2.64 bits per heavy atom. The molecule has 0 saturated carbocycles. The van der Waals surface area contributed by atoms with Crippen LogP contribution in [-0.2, 0) is 6.42 Å². The molecule has 0 spiro atoms. The first kappa shape index (κ1) is 17.5. The normalized spacial score (nSPS) is 14.9. The number of nitrogens with one attached hydrogen (secondary N) is 1. The van der Waals surface area contributed by atoms with Gasteiger partial charge in [0, 0.05) is 30.7 Å². The second-order valence-electron chi connectivity index (χ2n) is 6.72. The number of benzene rings is 1. The monoisotopic (exact) mass is 337 g/mol. The van der Waals surface area contributed by atoms with Gasteiger partial charge in [-0.2, -0.15) is 0 Å². The van der Waals surface area contributed by atoms with E-state index < -0.39 is 0 Å². The van der Waals surface area contributed by atoms with Crippen molar-refractivity contribution in [3.05, 3.63) is 53.3 Å². The van der Waals surface area contributed by atoms with Gasteiger partial charge in [0.2, 0.25) is 0 Å². The number of likely N-dealkylation sites (tertiary alicyclic amines) is 1. The van der Waals surface area contributed by atoms with Crippen LogP contribution in [-0.4, -0.2) is 28.9 Å². The van der Waals surface area contributed by atoms with E-state index in [0.29, 0.717) is 5.69 Å². The summed E-state index contributed by atoms with van der Waals surface area (Å²) in [6.45, 7) is 5.94. The second kappa shape index (κ2) is 8.15. The number of nitrogens with zero attached hydrogens (tertiary/aromatic N) is 2. The number of amides is 1. The Morgan fingerprint density at radius 1 is 1.16 bits per heavy atom. The second-order valence-corrected chi connectivity index (χ2v) is 6.72. The zero-order chi connectivity index (χ0) is 17.6. The number of aryl methyl sites for hydroxylation is 2. The molecule has 0 unspecified atom stereocenters. The number of carbonyl (C=O) groups excluding carboxylic acids is 1. The van der Waals surface area contributed by atoms with E-state index in [9.17, 15) is 4.79 Å². The minimum Gasteiger partial charge on any atom is -0.355 e. The number of carbonyl (C=O) groups is 1. The highest BCUT2D eigenvalue weighted by Gasteiger charge is 2.18. The molecule has 132 valence electrons. The molecule has 1 fully saturated rings. The molecule has 2 aromatic rings. The molecule has 4 nitrogen and oxygen atoms in total. The minimum atomic E-state index is 0.0473. The van der Waals surface area contributed by atoms with Crippen LogP contribution in [0.5, 0.6) is 0 Å². The Bertz CT molecular complexity index is 734. The fourth-order valence-corrected chi connectivity index (χ4v) is 3.41. The molecule has 2 heterocycles. The number of hydrogen-bond acceptors (Lipinski definition) is 3. The van der Waals surface area contributed by atoms with Crippen LogP contribution in [0.15, 0.2) is 36.5 Å². The van der Waals surface area contributed by atoms with Gasteiger partial charge in [-0.15, -0.1) is 0 Å². The summed E-state index contributed by atoms with van der Waals surface area (Å²) >= 11 is 0. The van der Waals surface area contributed by atoms with Crippen molar-refractivity contribution in [2.24, 2.45) is 0 Å². The number of hydrogen-bond donors (Lipinski definition) is 1. The summed E-state index contributed by atoms with van der Waals surface area (Å²) in [4.78, 5) is 19.1. The summed E-state index contributed by atoms with van der Waals surface area (Å²) in [6, 6.07) is 10.1. The van der Waals surface area contributed by atoms with E-state index in [1.807, 2.05) is 17.0 Å². The van der Waals surface area contributed by atoms with E-state index in [2.05, 4.69) is 42.3 Å². The number of anilines is 2. The molecule has 1 saturated heterocycles. The average Bonchev–Trinajstić information content (AvgIpc) is 2.92. The first-order valence-electron chi connectivity index (χ1n) is 9.30. The van der Waals surface area contributed by atoms with E-state index in [1.54, 1.807) is 6.20 Å². The molecule has 0 bridgehead atoms. The number of aromatic nitrogens is 1. The largest absolute Gasteiger partial charge is 0.355 e. The van der Waals surface area contributed by atoms with Gasteiger partial charge in [-0.05, 0) is 49.4 Å². The van der Waals surface area contributed by atoms with Gasteiger partial charge in [-0.25, -0.2) is 0 Å². The van der Waals surface area contributed by atoms with Gasteiger partial charge in [0.25, 0.3) is 5.91 Å². The van der Waals surface area contributed by atoms with Gasteiger partial charge in [-0.1, -0.05) is 38.0 Å². The molecule has 1 amide bonds. The highest BCUT2D eigenvalue weighted by Crippen LogP contribution is 2.25. The van der Waals surface area contributed by atoms with E-state index in [4.69, 9.17) is 0 Å². The molecule has 25 heavy (non-hydrogen) atoms. The lowest BCUT2D eigenvalue weighted by Gasteiger charge is -2.20. The summed E-state index contributed by atoms with van der Waals surface area (Å²) in [6.07, 6.45) is 7.29. The molecule has 1 aromatic heterocycles. The van der Waals surface area contributed by atoms with Gasteiger partial charge >= 0.3 is 0 Å². The standard InChI is InChI=1S/C21H27N3O/c1-3-17-10-8-9-16(2)20(17)23-18-11-12-22-19(15-18)21(25)24-13-6-4-5-7-14-24/h8-12,15H,3-7,13-14H2,1-2H3,(H,22,23). The van der Waals surface area contributed by atoms with Crippen LogP contribution in [0, 0.1) is 6.92 Å². The third-order valence-electron chi connectivity index (χ3n) is 4.88. The Morgan fingerprint density at radius 2 is 1.92 bits per heavy atom. The molecule has 1 N–H and O–H groups in total. The van der Waals surface area contributed by atoms with Crippen LogP contribution >= 0.6 is 0 Å². The predicted octanol–water partition coefficient (Wildman–Crippen LogP) is 4.71. The summed E-state index contributed by atoms with van der Waals surface area (Å²) < 4.78 is 0. The van der Waals surface area contributed by atoms with Crippen LogP contribution in [0.25, 0.3) is 0 Å². The highest BCUT2D eigenvalue weighted by molar-refractivity contribution is 5.93. The Hall–Kier alpha value is -2.36. The SMILES string of the molecule is CCc1cccc(C)c1Nc1ccnc(C(=O)N2CCCCCC2)c1. The maximum Gasteiger partial charge on any atom is 0.272 e. The molecule has 1 aliphatic heterocycles. The van der Waals surface area contributed by atoms with E-state index in [1.165, 1.54) is 24.0 Å². The van der Waals surface area contributed by atoms with Crippen LogP contribution in [0.3, 0.4) is 0 Å². The van der Waals surface area contributed by atoms with Crippen molar-refractivity contribution in [3.63, 3.8) is 0 Å². The quantitative estimate of drug-likeness (QED) is 0.878. The van der Waals surface area contributed by atoms with Gasteiger partial charge in [-0.3, -0.25) is 9.78 Å². The maximum atomic E-state index is 12.8. The predicted molar refractivity (Wildman–Crippen MR) is 102 cm³/mol. The van der Waals surface area contributed by atoms with E-state index in [-0.39, 0.29) is 5.91 Å². The van der Waals surface area contributed by atoms with Crippen molar-refractivity contribution >= 4 is 17.3 Å². The molecular weight excluding hydrogens is 310 g/mol. The third kappa shape index (κ3) is 4.19. The van der Waals surface area contributed by atoms with E-state index in [0.717, 1.165) is 43.7 Å². The number of para-hydroxylation sites is 1. The number of pyridine rings is 1. The molecule has 0 aliphatic carbocycles. The minimum absolute atomic E-state index is 0.0473. The van der Waals surface area contributed by atoms with Gasteiger partial charge in [0.1, 0.15) is 5.69 Å². The van der Waals surface area contributed by atoms with Crippen LogP contribution in [0.2, 0.25) is 0 Å². The third-order valence-corrected chi connectivity index (χ3v) is 4.88. The van der Waals surface area contributed by atoms with Crippen molar-refractivity contribution in [3.8, 4) is 0 Å². The molecule has 1 aliphatic rings. The summed E-state index contributed by atoms with van der Waals surface area (Å²) in [5, 5.41) is 3.49. The lowest BCUT2D eigenvalue weighted by atomic mass is 10.1. The molecule has 4 heteroatoms. The first-order chi connectivity index (χ1) is 12.2. The summed E-state index contributed by atoms with van der Waals surface area (Å²) in [5.41, 5.74) is 5.05. The van der Waals surface area contributed by atoms with Crippen molar-refractivity contribution in [1.29, 1.82) is 0 Å². The fourth-order valence-electron chi connectivity index (χ4n) is 3.41. The fraction of sp³-hybridized carbons (Fsp3) is 0.429. The van der Waals surface area contributed by atoms with Crippen molar-refractivity contribution in [2.45, 2.75) is 46.0 Å². The zero-order valence-electron chi connectivity index (χ0n) is 15.2. The highest BCUT2D eigenvalue weighted by atomic mass is 16.2. The number of rotatable bonds is 4. The van der Waals surface area contributed by atoms with E-state index >= 15 is 0 Å². The summed E-state index contributed by atoms with van der Waals surface area (Å²) in [5.74, 6) is 0.0473. The van der Waals surface area contributed by atoms with Crippen molar-refractivity contribution in [1.82, 2.24) is 9.88 Å². The molecule has 3 rings (SSSR count). The van der Waals surface area contributed by atoms with Crippen LogP contribution in [0.4, 0.5) is 11.4 Å². The van der Waals surface area contributed by atoms with Crippen LogP contribution in [0.1, 0.15) is 54.2 Å². The van der Waals surface area contributed by atoms with Crippen molar-refractivity contribution < 1.29 is 4.79 Å². The van der Waals surface area contributed by atoms with Gasteiger partial charge < -0.3 is 10.2 Å². The Balaban J connectivity index is 1.81. The first-order valence-corrected chi connectivity index (χ1v) is 9.30. The Kier molecular flexibility index (Phi) is 5.69. The molecule has 0 atom stereocenters. The lowest BCUT2D eigenvalue weighted by Crippen LogP contribution is -2.32. The van der Waals surface area contributed by atoms with Crippen molar-refractivity contribution in [2.75, 3.05) is 18.4 Å². The Labute approximate surface area is 150 Å². The maximum absolute atomic E-state index is 12.8. The molecule has 1 aromatic carbocycles. The van der Waals surface area contributed by atoms with Gasteiger partial charge in [0.15, 0.2) is 0 Å². The average molecular weight is 337 g/mol. The summed E-state index contributed by atoms with van der Waals surface area (Å²) in [7, 11) is 0. The molecular formula is C21H27N3O. The molecule has 0 radical (unpaired) electrons. The zero-order valence-corrected chi connectivity index (χ0v) is 15.2. The van der Waals surface area contributed by atoms with Crippen LogP contribution < -0.4 is 5.32 Å².